The Balaban J connectivity index is 0.959. The van der Waals surface area contributed by atoms with E-state index in [9.17, 15) is 0 Å². The third kappa shape index (κ3) is 6.55. The molecule has 0 saturated carbocycles. The van der Waals surface area contributed by atoms with Crippen LogP contribution >= 0.6 is 0 Å². The molecule has 1 nitrogen and oxygen atoms in total. The first kappa shape index (κ1) is 45.8. The molecule has 0 aromatic heterocycles. The Hall–Kier alpha value is -9.56. The summed E-state index contributed by atoms with van der Waals surface area (Å²) < 4.78 is 0. The highest BCUT2D eigenvalue weighted by Crippen LogP contribution is 2.61. The summed E-state index contributed by atoms with van der Waals surface area (Å²) in [6, 6.07) is 111. The van der Waals surface area contributed by atoms with Gasteiger partial charge in [0.25, 0.3) is 0 Å². The van der Waals surface area contributed by atoms with Gasteiger partial charge in [-0.05, 0) is 148 Å². The van der Waals surface area contributed by atoms with Crippen LogP contribution in [0.5, 0.6) is 0 Å². The molecular formula is C77H55N. The van der Waals surface area contributed by atoms with Crippen molar-refractivity contribution in [2.75, 3.05) is 4.90 Å². The normalized spacial score (nSPS) is 14.3. The fraction of sp³-hybridized carbons (Fsp3) is 0.0649. The minimum atomic E-state index is -0.556. The molecule has 15 rings (SSSR count). The first-order chi connectivity index (χ1) is 38.5. The first-order valence-corrected chi connectivity index (χ1v) is 27.4. The van der Waals surface area contributed by atoms with Crippen molar-refractivity contribution in [3.05, 3.63) is 353 Å². The number of nitrogens with zero attached hydrogens (tertiary/aromatic N) is 1. The summed E-state index contributed by atoms with van der Waals surface area (Å²) in [4.78, 5) is 2.51. The zero-order valence-electron chi connectivity index (χ0n) is 43.7. The van der Waals surface area contributed by atoms with E-state index in [4.69, 9.17) is 0 Å². The van der Waals surface area contributed by atoms with Gasteiger partial charge in [-0.1, -0.05) is 275 Å². The summed E-state index contributed by atoms with van der Waals surface area (Å²) in [5.74, 6) is 0. The van der Waals surface area contributed by atoms with E-state index in [1.807, 2.05) is 0 Å². The van der Waals surface area contributed by atoms with Crippen molar-refractivity contribution in [1.29, 1.82) is 0 Å². The molecule has 1 heteroatoms. The predicted octanol–water partition coefficient (Wildman–Crippen LogP) is 19.5. The number of anilines is 3. The third-order valence-corrected chi connectivity index (χ3v) is 17.6. The lowest BCUT2D eigenvalue weighted by atomic mass is 9.66. The van der Waals surface area contributed by atoms with E-state index < -0.39 is 10.8 Å². The third-order valence-electron chi connectivity index (χ3n) is 17.6. The van der Waals surface area contributed by atoms with Crippen molar-refractivity contribution >= 4 is 17.1 Å². The second-order valence-electron chi connectivity index (χ2n) is 21.8. The lowest BCUT2D eigenvalue weighted by Crippen LogP contribution is -2.29. The molecule has 0 amide bonds. The van der Waals surface area contributed by atoms with Gasteiger partial charge in [-0.2, -0.15) is 0 Å². The Morgan fingerprint density at radius 2 is 0.551 bits per heavy atom. The molecule has 0 fully saturated rings. The maximum absolute atomic E-state index is 2.51. The first-order valence-electron chi connectivity index (χ1n) is 27.4. The van der Waals surface area contributed by atoms with Crippen LogP contribution in [-0.4, -0.2) is 0 Å². The fourth-order valence-electron chi connectivity index (χ4n) is 14.4. The standard InChI is InChI=1S/C77H55N/c1-75(2)69-44-18-15-37-63(69)66-48-47-60(51-72(66)75)78(58-35-21-25-52(49-58)61-40-23-42-67-64-38-16-19-45-70(64)76(73(61)67,54-27-7-3-8-28-54)55-29-9-4-10-30-55)59-36-22-26-53(50-59)62-41-24-43-68-65-39-17-20-46-71(65)77(74(62)68,56-31-11-5-12-32-56)57-33-13-6-14-34-57/h3-51H,1-2H3. The maximum Gasteiger partial charge on any atom is 0.0719 e. The molecule has 0 radical (unpaired) electrons. The number of hydrogen-bond acceptors (Lipinski definition) is 1. The van der Waals surface area contributed by atoms with Crippen LogP contribution in [0, 0.1) is 0 Å². The molecule has 0 atom stereocenters. The van der Waals surface area contributed by atoms with Gasteiger partial charge in [-0.15, -0.1) is 0 Å². The van der Waals surface area contributed by atoms with E-state index >= 15 is 0 Å². The fourth-order valence-corrected chi connectivity index (χ4v) is 14.4. The molecule has 368 valence electrons. The predicted molar refractivity (Wildman–Crippen MR) is 324 cm³/mol. The molecule has 3 aliphatic rings. The molecule has 0 spiro atoms. The number of fused-ring (bicyclic) bond motifs is 9. The van der Waals surface area contributed by atoms with Gasteiger partial charge in [-0.3, -0.25) is 0 Å². The topological polar surface area (TPSA) is 3.24 Å². The average molecular weight is 994 g/mol. The highest BCUT2D eigenvalue weighted by atomic mass is 15.1. The molecular weight excluding hydrogens is 939 g/mol. The van der Waals surface area contributed by atoms with E-state index in [0.29, 0.717) is 0 Å². The van der Waals surface area contributed by atoms with Crippen LogP contribution in [0.25, 0.3) is 55.6 Å². The Morgan fingerprint density at radius 3 is 0.987 bits per heavy atom. The smallest absolute Gasteiger partial charge is 0.0719 e. The molecule has 0 unspecified atom stereocenters. The Morgan fingerprint density at radius 1 is 0.231 bits per heavy atom. The van der Waals surface area contributed by atoms with Crippen LogP contribution < -0.4 is 4.90 Å². The summed E-state index contributed by atoms with van der Waals surface area (Å²) in [6.07, 6.45) is 0. The van der Waals surface area contributed by atoms with E-state index in [1.165, 1.54) is 100 Å². The zero-order chi connectivity index (χ0) is 52.0. The Labute approximate surface area is 458 Å². The molecule has 0 saturated heterocycles. The summed E-state index contributed by atoms with van der Waals surface area (Å²) in [6.45, 7) is 4.76. The van der Waals surface area contributed by atoms with Gasteiger partial charge in [0.15, 0.2) is 0 Å². The maximum atomic E-state index is 2.51. The van der Waals surface area contributed by atoms with Crippen molar-refractivity contribution in [1.82, 2.24) is 0 Å². The quantitative estimate of drug-likeness (QED) is 0.139. The lowest BCUT2D eigenvalue weighted by Gasteiger charge is -2.35. The summed E-state index contributed by atoms with van der Waals surface area (Å²) in [5, 5.41) is 0. The van der Waals surface area contributed by atoms with Gasteiger partial charge in [0.05, 0.1) is 10.8 Å². The number of benzene rings is 12. The number of rotatable bonds is 9. The van der Waals surface area contributed by atoms with E-state index in [2.05, 4.69) is 316 Å². The largest absolute Gasteiger partial charge is 0.310 e. The molecule has 0 N–H and O–H groups in total. The van der Waals surface area contributed by atoms with Crippen molar-refractivity contribution in [3.63, 3.8) is 0 Å². The molecule has 12 aromatic rings. The van der Waals surface area contributed by atoms with E-state index in [-0.39, 0.29) is 5.41 Å². The van der Waals surface area contributed by atoms with Crippen LogP contribution in [0.3, 0.4) is 0 Å². The minimum Gasteiger partial charge on any atom is -0.310 e. The highest BCUT2D eigenvalue weighted by Gasteiger charge is 2.49. The Kier molecular flexibility index (Phi) is 10.4. The molecule has 0 bridgehead atoms. The SMILES string of the molecule is CC1(C)c2ccccc2-c2ccc(N(c3cccc(-c4cccc5c4C(c4ccccc4)(c4ccccc4)c4ccccc4-5)c3)c3cccc(-c4cccc5c4C(c4ccccc4)(c4ccccc4)c4ccccc4-5)c3)cc21. The van der Waals surface area contributed by atoms with Crippen LogP contribution in [-0.2, 0) is 16.2 Å². The van der Waals surface area contributed by atoms with Crippen LogP contribution in [0.2, 0.25) is 0 Å². The van der Waals surface area contributed by atoms with Crippen molar-refractivity contribution in [2.24, 2.45) is 0 Å². The van der Waals surface area contributed by atoms with Gasteiger partial charge in [-0.25, -0.2) is 0 Å². The van der Waals surface area contributed by atoms with Crippen LogP contribution in [0.1, 0.15) is 69.5 Å². The molecule has 3 aliphatic carbocycles. The van der Waals surface area contributed by atoms with Crippen LogP contribution in [0.4, 0.5) is 17.1 Å². The van der Waals surface area contributed by atoms with Gasteiger partial charge in [0.2, 0.25) is 0 Å². The highest BCUT2D eigenvalue weighted by molar-refractivity contribution is 5.96. The number of hydrogen-bond donors (Lipinski definition) is 0. The second kappa shape index (κ2) is 17.8. The molecule has 78 heavy (non-hydrogen) atoms. The Bertz CT molecular complexity index is 3980. The minimum absolute atomic E-state index is 0.188. The summed E-state index contributed by atoms with van der Waals surface area (Å²) in [7, 11) is 0. The second-order valence-corrected chi connectivity index (χ2v) is 21.8. The molecule has 12 aromatic carbocycles. The van der Waals surface area contributed by atoms with E-state index in [1.54, 1.807) is 0 Å². The summed E-state index contributed by atoms with van der Waals surface area (Å²) >= 11 is 0. The van der Waals surface area contributed by atoms with Gasteiger partial charge < -0.3 is 4.90 Å². The van der Waals surface area contributed by atoms with Crippen LogP contribution in [0.15, 0.2) is 297 Å². The van der Waals surface area contributed by atoms with Gasteiger partial charge >= 0.3 is 0 Å². The van der Waals surface area contributed by atoms with Crippen molar-refractivity contribution in [2.45, 2.75) is 30.1 Å². The molecule has 0 heterocycles. The zero-order valence-corrected chi connectivity index (χ0v) is 43.7. The van der Waals surface area contributed by atoms with Crippen molar-refractivity contribution < 1.29 is 0 Å². The van der Waals surface area contributed by atoms with E-state index in [0.717, 1.165) is 28.2 Å². The molecule has 0 aliphatic heterocycles. The summed E-state index contributed by atoms with van der Waals surface area (Å²) in [5.41, 5.74) is 27.4. The monoisotopic (exact) mass is 993 g/mol. The lowest BCUT2D eigenvalue weighted by molar-refractivity contribution is 0.660. The van der Waals surface area contributed by atoms with Gasteiger partial charge in [0, 0.05) is 22.5 Å². The van der Waals surface area contributed by atoms with Gasteiger partial charge in [0.1, 0.15) is 0 Å². The average Bonchev–Trinajstić information content (AvgIpc) is 4.16. The van der Waals surface area contributed by atoms with Crippen molar-refractivity contribution in [3.8, 4) is 55.6 Å².